The molecule has 0 radical (unpaired) electrons. The van der Waals surface area contributed by atoms with Crippen molar-refractivity contribution in [2.24, 2.45) is 0 Å². The molecular weight excluding hydrogens is 450 g/mol. The first-order valence-corrected chi connectivity index (χ1v) is 13.0. The van der Waals surface area contributed by atoms with Gasteiger partial charge in [0, 0.05) is 25.0 Å². The predicted octanol–water partition coefficient (Wildman–Crippen LogP) is 4.65. The number of nitriles is 1. The summed E-state index contributed by atoms with van der Waals surface area (Å²) in [5.41, 5.74) is 2.92. The number of carbonyl (C=O) groups is 1. The van der Waals surface area contributed by atoms with Crippen LogP contribution in [-0.4, -0.2) is 49.4 Å². The fourth-order valence-electron chi connectivity index (χ4n) is 3.93. The van der Waals surface area contributed by atoms with Crippen LogP contribution in [0.15, 0.2) is 48.5 Å². The Labute approximate surface area is 202 Å². The van der Waals surface area contributed by atoms with E-state index in [0.717, 1.165) is 16.7 Å². The molecule has 1 aliphatic heterocycles. The minimum atomic E-state index is -3.47. The average molecular weight is 484 g/mol. The van der Waals surface area contributed by atoms with Gasteiger partial charge in [0.2, 0.25) is 10.0 Å². The van der Waals surface area contributed by atoms with E-state index in [2.05, 4.69) is 10.8 Å². The third-order valence-corrected chi connectivity index (χ3v) is 7.76. The highest BCUT2D eigenvalue weighted by atomic mass is 32.2. The molecule has 1 saturated heterocycles. The lowest BCUT2D eigenvalue weighted by molar-refractivity contribution is 0.0182. The van der Waals surface area contributed by atoms with Crippen LogP contribution in [0.1, 0.15) is 58.1 Å². The summed E-state index contributed by atoms with van der Waals surface area (Å²) in [6.07, 6.45) is 0.101. The number of carbonyl (C=O) groups excluding carboxylic acids is 1. The second kappa shape index (κ2) is 10.2. The molecule has 2 aromatic carbocycles. The lowest BCUT2D eigenvalue weighted by Gasteiger charge is -2.39. The van der Waals surface area contributed by atoms with Crippen LogP contribution in [0.25, 0.3) is 11.1 Å². The van der Waals surface area contributed by atoms with Crippen molar-refractivity contribution in [1.82, 2.24) is 9.62 Å². The molecule has 34 heavy (non-hydrogen) atoms. The quantitative estimate of drug-likeness (QED) is 0.668. The number of nitrogens with one attached hydrogen (secondary N) is 1. The molecule has 1 amide bonds. The number of amides is 1. The van der Waals surface area contributed by atoms with Crippen molar-refractivity contribution < 1.29 is 17.9 Å². The van der Waals surface area contributed by atoms with Gasteiger partial charge in [-0.05, 0) is 69.9 Å². The molecular formula is C26H33N3O4S. The van der Waals surface area contributed by atoms with Crippen LogP contribution in [0.2, 0.25) is 0 Å². The third kappa shape index (κ3) is 6.37. The molecule has 2 atom stereocenters. The van der Waals surface area contributed by atoms with E-state index in [0.29, 0.717) is 25.1 Å². The number of nitrogens with zero attached hydrogens (tertiary/aromatic N) is 2. The summed E-state index contributed by atoms with van der Waals surface area (Å²) in [6, 6.07) is 17.1. The number of piperidine rings is 1. The van der Waals surface area contributed by atoms with Gasteiger partial charge in [-0.2, -0.15) is 5.26 Å². The lowest BCUT2D eigenvalue weighted by Crippen LogP contribution is -2.53. The molecule has 1 aliphatic rings. The Bertz CT molecular complexity index is 1140. The van der Waals surface area contributed by atoms with Crippen LogP contribution in [0, 0.1) is 11.3 Å². The minimum absolute atomic E-state index is 0.218. The van der Waals surface area contributed by atoms with Crippen molar-refractivity contribution in [3.05, 3.63) is 59.7 Å². The highest BCUT2D eigenvalue weighted by Gasteiger charge is 2.36. The van der Waals surface area contributed by atoms with Crippen molar-refractivity contribution in [2.45, 2.75) is 63.9 Å². The van der Waals surface area contributed by atoms with Crippen molar-refractivity contribution in [3.8, 4) is 17.2 Å². The van der Waals surface area contributed by atoms with Gasteiger partial charge in [-0.25, -0.2) is 17.9 Å². The Morgan fingerprint density at radius 3 is 2.15 bits per heavy atom. The monoisotopic (exact) mass is 483 g/mol. The highest BCUT2D eigenvalue weighted by molar-refractivity contribution is 7.90. The smallest absolute Gasteiger partial charge is 0.410 e. The van der Waals surface area contributed by atoms with Crippen molar-refractivity contribution in [1.29, 1.82) is 5.26 Å². The van der Waals surface area contributed by atoms with Gasteiger partial charge in [0.05, 0.1) is 16.9 Å². The Kier molecular flexibility index (Phi) is 7.69. The lowest BCUT2D eigenvalue weighted by atomic mass is 9.86. The fraction of sp³-hybridized carbons (Fsp3) is 0.462. The Balaban J connectivity index is 1.87. The van der Waals surface area contributed by atoms with E-state index in [1.165, 1.54) is 0 Å². The number of rotatable bonds is 5. The van der Waals surface area contributed by atoms with Crippen LogP contribution < -0.4 is 4.72 Å². The minimum Gasteiger partial charge on any atom is -0.444 e. The standard InChI is InChI=1S/C26H33N3O4S/c1-18(2)34(31,32)28-24-14-15-29(25(30)33-26(3,4)5)17-23(24)22-12-10-21(11-13-22)20-8-6-19(16-27)7-9-20/h6-13,18,23-24,28H,14-15,17H2,1-5H3/t23-,24+/m0/s1. The maximum absolute atomic E-state index is 12.7. The number of likely N-dealkylation sites (tertiary alicyclic amines) is 1. The molecule has 1 N–H and O–H groups in total. The topological polar surface area (TPSA) is 99.5 Å². The second-order valence-electron chi connectivity index (χ2n) is 9.95. The van der Waals surface area contributed by atoms with E-state index in [9.17, 15) is 13.2 Å². The Hall–Kier alpha value is -2.89. The van der Waals surface area contributed by atoms with Gasteiger partial charge >= 0.3 is 6.09 Å². The molecule has 8 heteroatoms. The largest absolute Gasteiger partial charge is 0.444 e. The molecule has 182 valence electrons. The van der Waals surface area contributed by atoms with E-state index in [4.69, 9.17) is 10.00 Å². The molecule has 1 fully saturated rings. The van der Waals surface area contributed by atoms with Gasteiger partial charge in [-0.15, -0.1) is 0 Å². The number of hydrogen-bond acceptors (Lipinski definition) is 5. The van der Waals surface area contributed by atoms with Gasteiger partial charge < -0.3 is 9.64 Å². The molecule has 0 aliphatic carbocycles. The van der Waals surface area contributed by atoms with E-state index in [1.54, 1.807) is 30.9 Å². The van der Waals surface area contributed by atoms with Gasteiger partial charge in [0.25, 0.3) is 0 Å². The van der Waals surface area contributed by atoms with Crippen molar-refractivity contribution in [2.75, 3.05) is 13.1 Å². The summed E-state index contributed by atoms with van der Waals surface area (Å²) >= 11 is 0. The number of ether oxygens (including phenoxy) is 1. The summed E-state index contributed by atoms with van der Waals surface area (Å²) < 4.78 is 33.7. The summed E-state index contributed by atoms with van der Waals surface area (Å²) in [6.45, 7) is 9.56. The van der Waals surface area contributed by atoms with Gasteiger partial charge in [0.15, 0.2) is 0 Å². The number of benzene rings is 2. The second-order valence-corrected chi connectivity index (χ2v) is 12.2. The van der Waals surface area contributed by atoms with E-state index < -0.39 is 27.0 Å². The Morgan fingerprint density at radius 2 is 1.65 bits per heavy atom. The van der Waals surface area contributed by atoms with Gasteiger partial charge in [0.1, 0.15) is 5.60 Å². The van der Waals surface area contributed by atoms with Crippen LogP contribution in [0.4, 0.5) is 4.79 Å². The maximum Gasteiger partial charge on any atom is 0.410 e. The van der Waals surface area contributed by atoms with Crippen LogP contribution >= 0.6 is 0 Å². The summed E-state index contributed by atoms with van der Waals surface area (Å²) in [5.74, 6) is -0.218. The summed E-state index contributed by atoms with van der Waals surface area (Å²) in [7, 11) is -3.47. The number of sulfonamides is 1. The fourth-order valence-corrected chi connectivity index (χ4v) is 4.91. The van der Waals surface area contributed by atoms with Gasteiger partial charge in [-0.3, -0.25) is 0 Å². The Morgan fingerprint density at radius 1 is 1.09 bits per heavy atom. The normalized spacial score (nSPS) is 19.0. The molecule has 2 aromatic rings. The van der Waals surface area contributed by atoms with E-state index in [1.807, 2.05) is 57.2 Å². The SMILES string of the molecule is CC(C)S(=O)(=O)N[C@@H]1CCN(C(=O)OC(C)(C)C)C[C@H]1c1ccc(-c2ccc(C#N)cc2)cc1. The van der Waals surface area contributed by atoms with E-state index >= 15 is 0 Å². The molecule has 3 rings (SSSR count). The zero-order valence-electron chi connectivity index (χ0n) is 20.4. The first-order chi connectivity index (χ1) is 15.9. The first-order valence-electron chi connectivity index (χ1n) is 11.5. The van der Waals surface area contributed by atoms with Crippen LogP contribution in [0.5, 0.6) is 0 Å². The number of hydrogen-bond donors (Lipinski definition) is 1. The van der Waals surface area contributed by atoms with Crippen molar-refractivity contribution >= 4 is 16.1 Å². The zero-order valence-corrected chi connectivity index (χ0v) is 21.2. The zero-order chi connectivity index (χ0) is 25.1. The van der Waals surface area contributed by atoms with Gasteiger partial charge in [-0.1, -0.05) is 36.4 Å². The molecule has 0 aromatic heterocycles. The summed E-state index contributed by atoms with van der Waals surface area (Å²) in [4.78, 5) is 14.4. The van der Waals surface area contributed by atoms with E-state index in [-0.39, 0.29) is 12.0 Å². The average Bonchev–Trinajstić information content (AvgIpc) is 2.78. The first kappa shape index (κ1) is 25.7. The van der Waals surface area contributed by atoms with Crippen LogP contribution in [0.3, 0.4) is 0 Å². The molecule has 0 saturated carbocycles. The van der Waals surface area contributed by atoms with Crippen molar-refractivity contribution in [3.63, 3.8) is 0 Å². The predicted molar refractivity (Wildman–Crippen MR) is 133 cm³/mol. The summed E-state index contributed by atoms with van der Waals surface area (Å²) in [5, 5.41) is 8.46. The third-order valence-electron chi connectivity index (χ3n) is 5.89. The maximum atomic E-state index is 12.7. The molecule has 0 spiro atoms. The molecule has 0 unspecified atom stereocenters. The molecule has 7 nitrogen and oxygen atoms in total. The highest BCUT2D eigenvalue weighted by Crippen LogP contribution is 2.31. The van der Waals surface area contributed by atoms with Crippen LogP contribution in [-0.2, 0) is 14.8 Å². The molecule has 1 heterocycles. The molecule has 0 bridgehead atoms.